The van der Waals surface area contributed by atoms with Crippen molar-refractivity contribution in [3.63, 3.8) is 0 Å². The van der Waals surface area contributed by atoms with Gasteiger partial charge in [-0.15, -0.1) is 0 Å². The maximum absolute atomic E-state index is 13.0. The number of anilines is 1. The number of benzene rings is 2. The van der Waals surface area contributed by atoms with Crippen molar-refractivity contribution in [1.29, 1.82) is 0 Å². The molecular weight excluding hydrogens is 456 g/mol. The minimum Gasteiger partial charge on any atom is -0.497 e. The van der Waals surface area contributed by atoms with Crippen LogP contribution in [0.15, 0.2) is 65.2 Å². The Morgan fingerprint density at radius 3 is 2.44 bits per heavy atom. The van der Waals surface area contributed by atoms with Crippen LogP contribution in [0.1, 0.15) is 32.8 Å². The van der Waals surface area contributed by atoms with E-state index in [4.69, 9.17) is 4.74 Å². The van der Waals surface area contributed by atoms with Crippen molar-refractivity contribution in [2.75, 3.05) is 18.9 Å². The summed E-state index contributed by atoms with van der Waals surface area (Å²) in [5.74, 6) is 6.64. The lowest BCUT2D eigenvalue weighted by Crippen LogP contribution is -2.17. The number of hydrazone groups is 1. The maximum atomic E-state index is 13.0. The summed E-state index contributed by atoms with van der Waals surface area (Å²) in [4.78, 5) is 10.9. The zero-order valence-corrected chi connectivity index (χ0v) is 20.6. The molecule has 0 spiro atoms. The lowest BCUT2D eigenvalue weighted by molar-refractivity contribution is -0.384. The Bertz CT molecular complexity index is 1250. The summed E-state index contributed by atoms with van der Waals surface area (Å²) in [6.07, 6.45) is 1.59. The quantitative estimate of drug-likeness (QED) is 0.240. The van der Waals surface area contributed by atoms with Gasteiger partial charge in [0.2, 0.25) is 0 Å². The van der Waals surface area contributed by atoms with E-state index >= 15 is 0 Å². The third kappa shape index (κ3) is 7.35. The highest BCUT2D eigenvalue weighted by atomic mass is 32.2. The van der Waals surface area contributed by atoms with Gasteiger partial charge in [-0.2, -0.15) is 5.10 Å². The second-order valence-electron chi connectivity index (χ2n) is 8.30. The van der Waals surface area contributed by atoms with Crippen LogP contribution in [0.25, 0.3) is 0 Å². The number of rotatable bonds is 9. The number of hydrogen-bond donors (Lipinski definition) is 1. The summed E-state index contributed by atoms with van der Waals surface area (Å²) < 4.78 is 33.7. The molecule has 34 heavy (non-hydrogen) atoms. The Balaban J connectivity index is 2.61. The molecule has 2 aromatic carbocycles. The van der Waals surface area contributed by atoms with Gasteiger partial charge in [-0.1, -0.05) is 18.4 Å². The first kappa shape index (κ1) is 26.4. The number of nitro benzene ring substituents is 1. The molecule has 1 N–H and O–H groups in total. The van der Waals surface area contributed by atoms with Crippen LogP contribution in [0.3, 0.4) is 0 Å². The lowest BCUT2D eigenvalue weighted by atomic mass is 9.97. The van der Waals surface area contributed by atoms with E-state index in [1.54, 1.807) is 7.05 Å². The molecule has 0 aliphatic rings. The van der Waals surface area contributed by atoms with Crippen LogP contribution in [0.5, 0.6) is 5.75 Å². The number of sulfonamides is 1. The molecule has 0 fully saturated rings. The van der Waals surface area contributed by atoms with E-state index in [0.29, 0.717) is 11.5 Å². The highest BCUT2D eigenvalue weighted by Crippen LogP contribution is 2.27. The lowest BCUT2D eigenvalue weighted by Gasteiger charge is -2.16. The average Bonchev–Trinajstić information content (AvgIpc) is 2.77. The Hall–Kier alpha value is -3.84. The van der Waals surface area contributed by atoms with Gasteiger partial charge in [0.25, 0.3) is 15.7 Å². The topological polar surface area (TPSA) is 114 Å². The second kappa shape index (κ2) is 10.9. The fraction of sp³-hybridized carbons (Fsp3) is 0.292. The minimum atomic E-state index is -4.01. The number of methoxy groups -OCH3 is 1. The van der Waals surface area contributed by atoms with Crippen LogP contribution in [-0.4, -0.2) is 38.2 Å². The number of nitro groups is 1. The van der Waals surface area contributed by atoms with Crippen LogP contribution in [0.4, 0.5) is 11.4 Å². The van der Waals surface area contributed by atoms with E-state index in [2.05, 4.69) is 28.2 Å². The predicted octanol–water partition coefficient (Wildman–Crippen LogP) is 4.62. The second-order valence-corrected chi connectivity index (χ2v) is 9.98. The Morgan fingerprint density at radius 2 is 1.91 bits per heavy atom. The third-order valence-electron chi connectivity index (χ3n) is 4.40. The zero-order valence-electron chi connectivity index (χ0n) is 19.8. The molecule has 0 saturated heterocycles. The van der Waals surface area contributed by atoms with Crippen molar-refractivity contribution < 1.29 is 18.1 Å². The molecule has 0 amide bonds. The molecule has 0 heterocycles. The van der Waals surface area contributed by atoms with Crippen molar-refractivity contribution >= 4 is 27.1 Å². The fourth-order valence-corrected chi connectivity index (χ4v) is 3.82. The molecule has 0 aromatic heterocycles. The summed E-state index contributed by atoms with van der Waals surface area (Å²) in [6, 6.07) is 9.71. The molecule has 10 heteroatoms. The molecule has 2 aromatic rings. The molecule has 9 nitrogen and oxygen atoms in total. The molecule has 0 atom stereocenters. The normalized spacial score (nSPS) is 11.7. The summed E-state index contributed by atoms with van der Waals surface area (Å²) in [5, 5.41) is 17.3. The third-order valence-corrected chi connectivity index (χ3v) is 5.78. The molecule has 0 saturated carbocycles. The number of nitrogens with zero attached hydrogens (tertiary/aromatic N) is 3. The first-order chi connectivity index (χ1) is 15.9. The SMILES string of the molecule is C=CN(C)/N=C(\CC#CC(C)(C)C)c1cc([N+](=O)[O-])ccc1NS(=O)(=O)c1ccc(OC)cc1. The highest BCUT2D eigenvalue weighted by molar-refractivity contribution is 7.92. The number of ether oxygens (including phenoxy) is 1. The van der Waals surface area contributed by atoms with Crippen molar-refractivity contribution in [3.05, 3.63) is 70.9 Å². The predicted molar refractivity (Wildman–Crippen MR) is 133 cm³/mol. The molecule has 2 rings (SSSR count). The monoisotopic (exact) mass is 484 g/mol. The van der Waals surface area contributed by atoms with E-state index in [1.165, 1.54) is 60.8 Å². The van der Waals surface area contributed by atoms with Crippen LogP contribution in [0, 0.1) is 27.4 Å². The average molecular weight is 485 g/mol. The van der Waals surface area contributed by atoms with Gasteiger partial charge in [0, 0.05) is 36.4 Å². The van der Waals surface area contributed by atoms with Crippen molar-refractivity contribution in [1.82, 2.24) is 5.01 Å². The van der Waals surface area contributed by atoms with Crippen LogP contribution in [-0.2, 0) is 10.0 Å². The van der Waals surface area contributed by atoms with Gasteiger partial charge >= 0.3 is 0 Å². The summed E-state index contributed by atoms with van der Waals surface area (Å²) in [5.41, 5.74) is 0.241. The fourth-order valence-electron chi connectivity index (χ4n) is 2.74. The maximum Gasteiger partial charge on any atom is 0.270 e. The standard InChI is InChI=1S/C24H28N4O5S/c1-7-27(5)25-22(9-8-16-24(2,3)4)21-17-18(28(29)30)10-15-23(21)26-34(31,32)20-13-11-19(33-6)12-14-20/h7,10-15,17,26H,1,9H2,2-6H3/b25-22+. The van der Waals surface area contributed by atoms with Gasteiger partial charge in [-0.3, -0.25) is 19.8 Å². The number of nitrogens with one attached hydrogen (secondary N) is 1. The van der Waals surface area contributed by atoms with E-state index < -0.39 is 14.9 Å². The molecule has 0 aliphatic heterocycles. The van der Waals surface area contributed by atoms with Crippen LogP contribution in [0.2, 0.25) is 0 Å². The van der Waals surface area contributed by atoms with Crippen molar-refractivity contribution in [2.24, 2.45) is 10.5 Å². The number of hydrogen-bond acceptors (Lipinski definition) is 7. The first-order valence-electron chi connectivity index (χ1n) is 10.2. The minimum absolute atomic E-state index is 0.00632. The van der Waals surface area contributed by atoms with Gasteiger partial charge < -0.3 is 4.74 Å². The first-order valence-corrected chi connectivity index (χ1v) is 11.7. The van der Waals surface area contributed by atoms with Gasteiger partial charge in [0.05, 0.1) is 34.7 Å². The molecular formula is C24H28N4O5S. The Kier molecular flexibility index (Phi) is 8.43. The van der Waals surface area contributed by atoms with E-state index in [0.717, 1.165) is 0 Å². The van der Waals surface area contributed by atoms with Gasteiger partial charge in [-0.05, 0) is 51.1 Å². The molecule has 0 bridgehead atoms. The molecule has 0 unspecified atom stereocenters. The summed E-state index contributed by atoms with van der Waals surface area (Å²) in [7, 11) is -0.883. The Labute approximate surface area is 200 Å². The number of non-ortho nitro benzene ring substituents is 1. The van der Waals surface area contributed by atoms with Crippen molar-refractivity contribution in [3.8, 4) is 17.6 Å². The van der Waals surface area contributed by atoms with Gasteiger partial charge in [-0.25, -0.2) is 8.42 Å². The smallest absolute Gasteiger partial charge is 0.270 e. The molecule has 0 radical (unpaired) electrons. The van der Waals surface area contributed by atoms with Gasteiger partial charge in [0.15, 0.2) is 0 Å². The largest absolute Gasteiger partial charge is 0.497 e. The van der Waals surface area contributed by atoms with Crippen LogP contribution < -0.4 is 9.46 Å². The summed E-state index contributed by atoms with van der Waals surface area (Å²) >= 11 is 0. The highest BCUT2D eigenvalue weighted by Gasteiger charge is 2.21. The molecule has 0 aliphatic carbocycles. The van der Waals surface area contributed by atoms with Crippen molar-refractivity contribution in [2.45, 2.75) is 32.1 Å². The van der Waals surface area contributed by atoms with Crippen LogP contribution >= 0.6 is 0 Å². The zero-order chi connectivity index (χ0) is 25.5. The van der Waals surface area contributed by atoms with Gasteiger partial charge in [0.1, 0.15) is 5.75 Å². The van der Waals surface area contributed by atoms with E-state index in [1.807, 2.05) is 20.8 Å². The molecule has 180 valence electrons. The Morgan fingerprint density at radius 1 is 1.26 bits per heavy atom. The van der Waals surface area contributed by atoms with E-state index in [9.17, 15) is 18.5 Å². The summed E-state index contributed by atoms with van der Waals surface area (Å²) in [6.45, 7) is 9.52. The van der Waals surface area contributed by atoms with E-state index in [-0.39, 0.29) is 33.7 Å².